The van der Waals surface area contributed by atoms with Crippen molar-refractivity contribution in [2.24, 2.45) is 0 Å². The van der Waals surface area contributed by atoms with E-state index >= 15 is 0 Å². The molecule has 5 aromatic rings. The first-order valence-electron chi connectivity index (χ1n) is 14.9. The van der Waals surface area contributed by atoms with Crippen LogP contribution in [0.15, 0.2) is 120 Å². The summed E-state index contributed by atoms with van der Waals surface area (Å²) in [7, 11) is 0. The van der Waals surface area contributed by atoms with Crippen LogP contribution in [0.2, 0.25) is 0 Å². The van der Waals surface area contributed by atoms with Crippen molar-refractivity contribution in [2.45, 2.75) is 38.9 Å². The number of fused-ring (bicyclic) bond motifs is 1. The van der Waals surface area contributed by atoms with Crippen LogP contribution in [0.5, 0.6) is 0 Å². The molecule has 0 fully saturated rings. The molecule has 44 heavy (non-hydrogen) atoms. The Morgan fingerprint density at radius 2 is 1.66 bits per heavy atom. The van der Waals surface area contributed by atoms with E-state index in [1.54, 1.807) is 30.2 Å². The molecule has 7 nitrogen and oxygen atoms in total. The molecule has 6 rings (SSSR count). The minimum Gasteiger partial charge on any atom is -0.361 e. The number of benzene rings is 3. The monoisotopic (exact) mass is 582 g/mol. The number of aryl methyl sites for hydroxylation is 1. The number of pyridine rings is 1. The highest BCUT2D eigenvalue weighted by Crippen LogP contribution is 2.24. The third-order valence-electron chi connectivity index (χ3n) is 7.97. The van der Waals surface area contributed by atoms with Gasteiger partial charge in [-0.1, -0.05) is 90.1 Å². The third-order valence-corrected chi connectivity index (χ3v) is 7.97. The van der Waals surface area contributed by atoms with Crippen molar-refractivity contribution in [3.63, 3.8) is 0 Å². The Morgan fingerprint density at radius 3 is 2.39 bits per heavy atom. The van der Waals surface area contributed by atoms with E-state index in [0.717, 1.165) is 34.4 Å². The first-order chi connectivity index (χ1) is 21.5. The lowest BCUT2D eigenvalue weighted by Crippen LogP contribution is -2.52. The fourth-order valence-electron chi connectivity index (χ4n) is 5.63. The largest absolute Gasteiger partial charge is 0.361 e. The van der Waals surface area contributed by atoms with Crippen molar-refractivity contribution in [3.05, 3.63) is 149 Å². The molecule has 0 radical (unpaired) electrons. The lowest BCUT2D eigenvalue weighted by Gasteiger charge is -2.36. The molecule has 0 saturated carbocycles. The summed E-state index contributed by atoms with van der Waals surface area (Å²) in [4.78, 5) is 36.5. The van der Waals surface area contributed by atoms with Gasteiger partial charge in [-0.05, 0) is 53.8 Å². The molecule has 2 aromatic heterocycles. The van der Waals surface area contributed by atoms with Crippen molar-refractivity contribution < 1.29 is 14.1 Å². The van der Waals surface area contributed by atoms with Gasteiger partial charge in [0.25, 0.3) is 0 Å². The van der Waals surface area contributed by atoms with Gasteiger partial charge in [0.15, 0.2) is 0 Å². The standard InChI is InChI=1S/C37H34N4O3/c1-27-23-33(39-44-27)18-19-36(42)41(25-29-14-16-31(17-15-29)34-13-7-8-21-38-34)35(24-28-9-3-2-4-10-28)37(43)40-22-20-30-11-5-6-12-32(30)26-40/h2-19,21,23,35H,20,22,24-26H2,1H3/t35-/m0/s1. The van der Waals surface area contributed by atoms with Crippen LogP contribution in [0.3, 0.4) is 0 Å². The van der Waals surface area contributed by atoms with E-state index in [1.165, 1.54) is 11.6 Å². The van der Waals surface area contributed by atoms with Crippen LogP contribution in [0.4, 0.5) is 0 Å². The van der Waals surface area contributed by atoms with E-state index < -0.39 is 6.04 Å². The van der Waals surface area contributed by atoms with Gasteiger partial charge >= 0.3 is 0 Å². The number of hydrogen-bond acceptors (Lipinski definition) is 5. The summed E-state index contributed by atoms with van der Waals surface area (Å²) in [5.41, 5.74) is 6.73. The van der Waals surface area contributed by atoms with Crippen LogP contribution in [0.1, 0.15) is 33.7 Å². The average Bonchev–Trinajstić information content (AvgIpc) is 3.50. The number of hydrogen-bond donors (Lipinski definition) is 0. The van der Waals surface area contributed by atoms with Gasteiger partial charge in [0.05, 0.1) is 5.69 Å². The van der Waals surface area contributed by atoms with Crippen LogP contribution in [0.25, 0.3) is 17.3 Å². The van der Waals surface area contributed by atoms with Crippen molar-refractivity contribution in [1.82, 2.24) is 19.9 Å². The third kappa shape index (κ3) is 6.84. The van der Waals surface area contributed by atoms with Gasteiger partial charge in [0, 0.05) is 50.0 Å². The number of rotatable bonds is 9. The van der Waals surface area contributed by atoms with Gasteiger partial charge < -0.3 is 14.3 Å². The molecule has 7 heteroatoms. The van der Waals surface area contributed by atoms with Gasteiger partial charge in [-0.15, -0.1) is 0 Å². The summed E-state index contributed by atoms with van der Waals surface area (Å²) in [6.45, 7) is 3.20. The average molecular weight is 583 g/mol. The molecule has 1 atom stereocenters. The van der Waals surface area contributed by atoms with Crippen LogP contribution in [-0.4, -0.2) is 44.3 Å². The molecule has 0 N–H and O–H groups in total. The number of carbonyl (C=O) groups excluding carboxylic acids is 2. The second-order valence-electron chi connectivity index (χ2n) is 11.1. The first kappa shape index (κ1) is 28.8. The highest BCUT2D eigenvalue weighted by atomic mass is 16.5. The second kappa shape index (κ2) is 13.3. The maximum atomic E-state index is 14.4. The van der Waals surface area contributed by atoms with Crippen LogP contribution >= 0.6 is 0 Å². The van der Waals surface area contributed by atoms with E-state index in [4.69, 9.17) is 4.52 Å². The van der Waals surface area contributed by atoms with Gasteiger partial charge in [0.1, 0.15) is 17.5 Å². The molecule has 3 heterocycles. The summed E-state index contributed by atoms with van der Waals surface area (Å²) in [6, 6.07) is 33.0. The van der Waals surface area contributed by atoms with E-state index in [1.807, 2.05) is 89.8 Å². The van der Waals surface area contributed by atoms with Crippen molar-refractivity contribution >= 4 is 17.9 Å². The summed E-state index contributed by atoms with van der Waals surface area (Å²) in [6.07, 6.45) is 6.07. The maximum Gasteiger partial charge on any atom is 0.247 e. The predicted molar refractivity (Wildman–Crippen MR) is 170 cm³/mol. The fraction of sp³-hybridized carbons (Fsp3) is 0.189. The van der Waals surface area contributed by atoms with E-state index in [9.17, 15) is 9.59 Å². The predicted octanol–water partition coefficient (Wildman–Crippen LogP) is 6.28. The molecule has 2 amide bonds. The zero-order chi connectivity index (χ0) is 30.3. The lowest BCUT2D eigenvalue weighted by molar-refractivity contribution is -0.144. The van der Waals surface area contributed by atoms with Crippen molar-refractivity contribution in [3.8, 4) is 11.3 Å². The minimum atomic E-state index is -0.714. The van der Waals surface area contributed by atoms with E-state index in [0.29, 0.717) is 31.0 Å². The van der Waals surface area contributed by atoms with Crippen LogP contribution in [0, 0.1) is 6.92 Å². The zero-order valence-electron chi connectivity index (χ0n) is 24.7. The Kier molecular flexibility index (Phi) is 8.73. The summed E-state index contributed by atoms with van der Waals surface area (Å²) < 4.78 is 5.18. The molecule has 0 spiro atoms. The van der Waals surface area contributed by atoms with Crippen molar-refractivity contribution in [1.29, 1.82) is 0 Å². The fourth-order valence-corrected chi connectivity index (χ4v) is 5.63. The zero-order valence-corrected chi connectivity index (χ0v) is 24.7. The van der Waals surface area contributed by atoms with Gasteiger partial charge in [-0.2, -0.15) is 0 Å². The Labute approximate surface area is 257 Å². The number of carbonyl (C=O) groups is 2. The second-order valence-corrected chi connectivity index (χ2v) is 11.1. The summed E-state index contributed by atoms with van der Waals surface area (Å²) in [5, 5.41) is 4.00. The van der Waals surface area contributed by atoms with Gasteiger partial charge in [-0.25, -0.2) is 0 Å². The maximum absolute atomic E-state index is 14.4. The SMILES string of the molecule is Cc1cc(C=CC(=O)N(Cc2ccc(-c3ccccn3)cc2)[C@@H](Cc2ccccc2)C(=O)N2CCc3ccccc3C2)no1. The van der Waals surface area contributed by atoms with Crippen LogP contribution < -0.4 is 0 Å². The smallest absolute Gasteiger partial charge is 0.247 e. The van der Waals surface area contributed by atoms with Gasteiger partial charge in [0.2, 0.25) is 11.8 Å². The van der Waals surface area contributed by atoms with Crippen molar-refractivity contribution in [2.75, 3.05) is 6.54 Å². The Hall–Kier alpha value is -5.30. The summed E-state index contributed by atoms with van der Waals surface area (Å²) in [5.74, 6) is 0.322. The molecule has 3 aromatic carbocycles. The number of amides is 2. The van der Waals surface area contributed by atoms with Gasteiger partial charge in [-0.3, -0.25) is 14.6 Å². The molecule has 0 bridgehead atoms. The van der Waals surface area contributed by atoms with E-state index in [-0.39, 0.29) is 18.4 Å². The topological polar surface area (TPSA) is 79.5 Å². The Bertz CT molecular complexity index is 1750. The first-order valence-corrected chi connectivity index (χ1v) is 14.9. The number of aromatic nitrogens is 2. The summed E-state index contributed by atoms with van der Waals surface area (Å²) >= 11 is 0. The molecule has 0 unspecified atom stereocenters. The van der Waals surface area contributed by atoms with Crippen LogP contribution in [-0.2, 0) is 35.5 Å². The molecule has 0 aliphatic carbocycles. The molecule has 220 valence electrons. The minimum absolute atomic E-state index is 0.0625. The number of nitrogens with zero attached hydrogens (tertiary/aromatic N) is 4. The highest BCUT2D eigenvalue weighted by molar-refractivity contribution is 5.95. The molecule has 0 saturated heterocycles. The highest BCUT2D eigenvalue weighted by Gasteiger charge is 2.34. The quantitative estimate of drug-likeness (QED) is 0.191. The Morgan fingerprint density at radius 1 is 0.909 bits per heavy atom. The normalized spacial score (nSPS) is 13.4. The molecule has 1 aliphatic heterocycles. The molecular formula is C37H34N4O3. The lowest BCUT2D eigenvalue weighted by atomic mass is 9.97. The Balaban J connectivity index is 1.34. The van der Waals surface area contributed by atoms with E-state index in [2.05, 4.69) is 22.3 Å². The molecular weight excluding hydrogens is 548 g/mol. The molecule has 1 aliphatic rings.